The van der Waals surface area contributed by atoms with E-state index >= 15 is 0 Å². The molecule has 0 N–H and O–H groups in total. The summed E-state index contributed by atoms with van der Waals surface area (Å²) in [6, 6.07) is 5.63. The Morgan fingerprint density at radius 3 is 2.45 bits per heavy atom. The highest BCUT2D eigenvalue weighted by Gasteiger charge is 2.38. The fourth-order valence-corrected chi connectivity index (χ4v) is 1.86. The molecule has 6 nitrogen and oxygen atoms in total. The highest BCUT2D eigenvalue weighted by Crippen LogP contribution is 2.26. The van der Waals surface area contributed by atoms with Gasteiger partial charge in [0, 0.05) is 13.8 Å². The smallest absolute Gasteiger partial charge is 0.377 e. The van der Waals surface area contributed by atoms with E-state index in [0.717, 1.165) is 11.1 Å². The van der Waals surface area contributed by atoms with Crippen molar-refractivity contribution in [3.63, 3.8) is 0 Å². The first-order valence-electron chi connectivity index (χ1n) is 6.55. The zero-order valence-electron chi connectivity index (χ0n) is 12.5. The lowest BCUT2D eigenvalue weighted by molar-refractivity contribution is -0.173. The summed E-state index contributed by atoms with van der Waals surface area (Å²) in [4.78, 5) is 28.7. The molecule has 1 amide bonds. The number of hydroxylamine groups is 2. The van der Waals surface area contributed by atoms with Gasteiger partial charge in [0.1, 0.15) is 5.82 Å². The van der Waals surface area contributed by atoms with Crippen LogP contribution in [0.5, 0.6) is 0 Å². The van der Waals surface area contributed by atoms with Gasteiger partial charge in [0.2, 0.25) is 11.5 Å². The SMILES string of the molecule is CON(Cc1ccc(F)cc1)C(=O)/C=C1/OC(C)(C)OC1=O. The maximum Gasteiger partial charge on any atom is 0.377 e. The van der Waals surface area contributed by atoms with E-state index in [9.17, 15) is 14.0 Å². The summed E-state index contributed by atoms with van der Waals surface area (Å²) >= 11 is 0. The second kappa shape index (κ2) is 6.15. The number of amides is 1. The summed E-state index contributed by atoms with van der Waals surface area (Å²) in [5.74, 6) is -2.95. The van der Waals surface area contributed by atoms with Crippen molar-refractivity contribution in [2.45, 2.75) is 26.2 Å². The predicted molar refractivity (Wildman–Crippen MR) is 73.3 cm³/mol. The minimum absolute atomic E-state index is 0.0951. The van der Waals surface area contributed by atoms with E-state index in [1.54, 1.807) is 13.8 Å². The van der Waals surface area contributed by atoms with Crippen LogP contribution in [0.15, 0.2) is 36.1 Å². The third-order valence-corrected chi connectivity index (χ3v) is 2.86. The summed E-state index contributed by atoms with van der Waals surface area (Å²) in [6.07, 6.45) is 1.00. The van der Waals surface area contributed by atoms with Crippen LogP contribution in [0.3, 0.4) is 0 Å². The van der Waals surface area contributed by atoms with Crippen molar-refractivity contribution in [2.75, 3.05) is 7.11 Å². The van der Waals surface area contributed by atoms with E-state index in [1.165, 1.54) is 31.4 Å². The van der Waals surface area contributed by atoms with Crippen molar-refractivity contribution in [3.8, 4) is 0 Å². The minimum Gasteiger partial charge on any atom is -0.445 e. The Labute approximate surface area is 127 Å². The third kappa shape index (κ3) is 3.82. The number of hydrogen-bond acceptors (Lipinski definition) is 5. The molecular formula is C15H16FNO5. The molecular weight excluding hydrogens is 293 g/mol. The van der Waals surface area contributed by atoms with Crippen LogP contribution in [0.1, 0.15) is 19.4 Å². The molecule has 0 unspecified atom stereocenters. The number of nitrogens with zero attached hydrogens (tertiary/aromatic N) is 1. The Kier molecular flexibility index (Phi) is 4.46. The number of cyclic esters (lactones) is 1. The summed E-state index contributed by atoms with van der Waals surface area (Å²) in [5, 5.41) is 1.02. The summed E-state index contributed by atoms with van der Waals surface area (Å²) < 4.78 is 23.0. The molecule has 0 spiro atoms. The Bertz CT molecular complexity index is 609. The second-order valence-corrected chi connectivity index (χ2v) is 5.08. The first kappa shape index (κ1) is 16.0. The normalized spacial score (nSPS) is 18.0. The monoisotopic (exact) mass is 309 g/mol. The molecule has 1 fully saturated rings. The molecule has 22 heavy (non-hydrogen) atoms. The van der Waals surface area contributed by atoms with Gasteiger partial charge in [-0.1, -0.05) is 12.1 Å². The van der Waals surface area contributed by atoms with Crippen molar-refractivity contribution >= 4 is 11.9 Å². The number of hydrogen-bond donors (Lipinski definition) is 0. The maximum atomic E-state index is 12.9. The van der Waals surface area contributed by atoms with Gasteiger partial charge in [0.15, 0.2) is 0 Å². The van der Waals surface area contributed by atoms with Crippen LogP contribution >= 0.6 is 0 Å². The molecule has 0 bridgehead atoms. The van der Waals surface area contributed by atoms with Crippen LogP contribution in [0.25, 0.3) is 0 Å². The van der Waals surface area contributed by atoms with Gasteiger partial charge in [0.25, 0.3) is 5.91 Å². The van der Waals surface area contributed by atoms with E-state index in [0.29, 0.717) is 5.56 Å². The molecule has 7 heteroatoms. The average Bonchev–Trinajstić information content (AvgIpc) is 2.70. The fraction of sp³-hybridized carbons (Fsp3) is 0.333. The maximum absolute atomic E-state index is 12.9. The van der Waals surface area contributed by atoms with Crippen LogP contribution in [0.2, 0.25) is 0 Å². The number of carbonyl (C=O) groups is 2. The molecule has 0 saturated carbocycles. The second-order valence-electron chi connectivity index (χ2n) is 5.08. The van der Waals surface area contributed by atoms with E-state index in [-0.39, 0.29) is 18.1 Å². The molecule has 0 radical (unpaired) electrons. The zero-order valence-corrected chi connectivity index (χ0v) is 12.5. The molecule has 0 aliphatic carbocycles. The number of benzene rings is 1. The van der Waals surface area contributed by atoms with Gasteiger partial charge in [-0.05, 0) is 17.7 Å². The van der Waals surface area contributed by atoms with Gasteiger partial charge in [-0.15, -0.1) is 0 Å². The number of esters is 1. The molecule has 1 heterocycles. The predicted octanol–water partition coefficient (Wildman–Crippen LogP) is 1.91. The minimum atomic E-state index is -1.10. The van der Waals surface area contributed by atoms with Crippen LogP contribution in [0, 0.1) is 5.82 Å². The standard InChI is InChI=1S/C15H16FNO5/c1-15(2)21-12(14(19)22-15)8-13(18)17(20-3)9-10-4-6-11(16)7-5-10/h4-8H,9H2,1-3H3/b12-8+. The van der Waals surface area contributed by atoms with E-state index in [4.69, 9.17) is 14.3 Å². The molecule has 1 aromatic carbocycles. The van der Waals surface area contributed by atoms with Crippen molar-refractivity contribution in [1.29, 1.82) is 0 Å². The highest BCUT2D eigenvalue weighted by molar-refractivity contribution is 5.97. The lowest BCUT2D eigenvalue weighted by Crippen LogP contribution is -2.28. The van der Waals surface area contributed by atoms with Gasteiger partial charge in [-0.2, -0.15) is 0 Å². The molecule has 1 aliphatic rings. The van der Waals surface area contributed by atoms with Crippen molar-refractivity contribution in [2.24, 2.45) is 0 Å². The highest BCUT2D eigenvalue weighted by atomic mass is 19.1. The number of rotatable bonds is 4. The van der Waals surface area contributed by atoms with E-state index in [1.807, 2.05) is 0 Å². The molecule has 0 atom stereocenters. The van der Waals surface area contributed by atoms with Crippen LogP contribution in [-0.4, -0.2) is 29.8 Å². The van der Waals surface area contributed by atoms with Crippen molar-refractivity contribution < 1.29 is 28.3 Å². The molecule has 2 rings (SSSR count). The molecule has 1 saturated heterocycles. The lowest BCUT2D eigenvalue weighted by Gasteiger charge is -2.18. The first-order valence-corrected chi connectivity index (χ1v) is 6.55. The summed E-state index contributed by atoms with van der Waals surface area (Å²) in [6.45, 7) is 3.21. The first-order chi connectivity index (χ1) is 10.3. The number of carbonyl (C=O) groups excluding carboxylic acids is 2. The van der Waals surface area contributed by atoms with Gasteiger partial charge >= 0.3 is 5.97 Å². The number of halogens is 1. The fourth-order valence-electron chi connectivity index (χ4n) is 1.86. The summed E-state index contributed by atoms with van der Waals surface area (Å²) in [5.41, 5.74) is 0.672. The van der Waals surface area contributed by atoms with Gasteiger partial charge in [0.05, 0.1) is 19.7 Å². The van der Waals surface area contributed by atoms with Crippen molar-refractivity contribution in [3.05, 3.63) is 47.5 Å². The third-order valence-electron chi connectivity index (χ3n) is 2.86. The van der Waals surface area contributed by atoms with Gasteiger partial charge in [-0.25, -0.2) is 14.2 Å². The van der Waals surface area contributed by atoms with Gasteiger partial charge < -0.3 is 9.47 Å². The summed E-state index contributed by atoms with van der Waals surface area (Å²) in [7, 11) is 1.32. The van der Waals surface area contributed by atoms with Crippen LogP contribution in [0.4, 0.5) is 4.39 Å². The Morgan fingerprint density at radius 1 is 1.32 bits per heavy atom. The molecule has 1 aliphatic heterocycles. The molecule has 1 aromatic rings. The number of ether oxygens (including phenoxy) is 2. The zero-order chi connectivity index (χ0) is 16.3. The van der Waals surface area contributed by atoms with Crippen molar-refractivity contribution in [1.82, 2.24) is 5.06 Å². The van der Waals surface area contributed by atoms with Gasteiger partial charge in [-0.3, -0.25) is 9.63 Å². The van der Waals surface area contributed by atoms with E-state index in [2.05, 4.69) is 0 Å². The average molecular weight is 309 g/mol. The lowest BCUT2D eigenvalue weighted by atomic mass is 10.2. The Balaban J connectivity index is 2.09. The largest absolute Gasteiger partial charge is 0.445 e. The quantitative estimate of drug-likeness (QED) is 0.483. The Morgan fingerprint density at radius 2 is 1.95 bits per heavy atom. The van der Waals surface area contributed by atoms with Crippen LogP contribution < -0.4 is 0 Å². The molecule has 118 valence electrons. The van der Waals surface area contributed by atoms with E-state index < -0.39 is 17.7 Å². The van der Waals surface area contributed by atoms with Crippen LogP contribution in [-0.2, 0) is 30.4 Å². The Hall–Kier alpha value is -2.41. The topological polar surface area (TPSA) is 65.1 Å². The molecule has 0 aromatic heterocycles.